The molecule has 0 fully saturated rings. The summed E-state index contributed by atoms with van der Waals surface area (Å²) < 4.78 is 45.1. The number of rotatable bonds is 6. The molecular formula is C17H19F3IN3O3. The van der Waals surface area contributed by atoms with Crippen LogP contribution in [0, 0.1) is 0 Å². The van der Waals surface area contributed by atoms with E-state index in [0.29, 0.717) is 16.9 Å². The zero-order chi connectivity index (χ0) is 19.2. The van der Waals surface area contributed by atoms with Crippen LogP contribution in [-0.2, 0) is 13.1 Å². The first-order valence-electron chi connectivity index (χ1n) is 7.52. The number of guanidine groups is 1. The first-order valence-corrected chi connectivity index (χ1v) is 7.52. The standard InChI is InChI=1S/C17H18F3N3O3.HI/c1-25-14-4-2-3-12(15(14)24)10-23-16(21)22-9-11-5-7-13(8-6-11)26-17(18,19)20;/h2-8,24H,9-10H2,1H3,(H3,21,22,23);1H. The summed E-state index contributed by atoms with van der Waals surface area (Å²) in [6.07, 6.45) is -4.72. The van der Waals surface area contributed by atoms with E-state index >= 15 is 0 Å². The Labute approximate surface area is 171 Å². The SMILES string of the molecule is COc1cccc(CNC(N)=NCc2ccc(OC(F)(F)F)cc2)c1O.I. The van der Waals surface area contributed by atoms with Crippen molar-refractivity contribution in [1.82, 2.24) is 5.32 Å². The van der Waals surface area contributed by atoms with Crippen LogP contribution in [0.15, 0.2) is 47.5 Å². The molecule has 0 saturated carbocycles. The van der Waals surface area contributed by atoms with E-state index in [0.717, 1.165) is 0 Å². The van der Waals surface area contributed by atoms with E-state index < -0.39 is 6.36 Å². The Kier molecular flexibility index (Phi) is 8.47. The molecule has 2 aromatic carbocycles. The highest BCUT2D eigenvalue weighted by Gasteiger charge is 2.30. The van der Waals surface area contributed by atoms with Crippen molar-refractivity contribution in [1.29, 1.82) is 0 Å². The van der Waals surface area contributed by atoms with Crippen LogP contribution in [-0.4, -0.2) is 24.5 Å². The van der Waals surface area contributed by atoms with Gasteiger partial charge in [-0.25, -0.2) is 4.99 Å². The maximum absolute atomic E-state index is 12.1. The van der Waals surface area contributed by atoms with Gasteiger partial charge in [0.2, 0.25) is 0 Å². The summed E-state index contributed by atoms with van der Waals surface area (Å²) in [6.45, 7) is 0.409. The third kappa shape index (κ3) is 7.41. The molecular weight excluding hydrogens is 478 g/mol. The van der Waals surface area contributed by atoms with Gasteiger partial charge in [0, 0.05) is 12.1 Å². The molecule has 0 aliphatic carbocycles. The molecule has 0 heterocycles. The van der Waals surface area contributed by atoms with E-state index in [1.807, 2.05) is 0 Å². The highest BCUT2D eigenvalue weighted by molar-refractivity contribution is 14.0. The van der Waals surface area contributed by atoms with Crippen LogP contribution >= 0.6 is 24.0 Å². The number of alkyl halides is 3. The first kappa shape index (κ1) is 22.7. The minimum absolute atomic E-state index is 0. The van der Waals surface area contributed by atoms with Crippen molar-refractivity contribution in [3.63, 3.8) is 0 Å². The van der Waals surface area contributed by atoms with Crippen molar-refractivity contribution < 1.29 is 27.8 Å². The molecule has 0 spiro atoms. The zero-order valence-electron chi connectivity index (χ0n) is 14.3. The molecule has 4 N–H and O–H groups in total. The molecule has 6 nitrogen and oxygen atoms in total. The number of methoxy groups -OCH3 is 1. The number of nitrogens with zero attached hydrogens (tertiary/aromatic N) is 1. The number of aromatic hydroxyl groups is 1. The van der Waals surface area contributed by atoms with Gasteiger partial charge in [0.15, 0.2) is 17.5 Å². The Morgan fingerprint density at radius 3 is 2.44 bits per heavy atom. The molecule has 27 heavy (non-hydrogen) atoms. The van der Waals surface area contributed by atoms with Crippen LogP contribution in [0.1, 0.15) is 11.1 Å². The van der Waals surface area contributed by atoms with Crippen molar-refractivity contribution in [2.75, 3.05) is 7.11 Å². The number of nitrogens with one attached hydrogen (secondary N) is 1. The van der Waals surface area contributed by atoms with Gasteiger partial charge >= 0.3 is 6.36 Å². The average molecular weight is 497 g/mol. The van der Waals surface area contributed by atoms with E-state index in [2.05, 4.69) is 15.0 Å². The zero-order valence-corrected chi connectivity index (χ0v) is 16.6. The monoisotopic (exact) mass is 497 g/mol. The molecule has 0 amide bonds. The maximum atomic E-state index is 12.1. The van der Waals surface area contributed by atoms with Gasteiger partial charge in [-0.15, -0.1) is 37.1 Å². The van der Waals surface area contributed by atoms with Gasteiger partial charge in [-0.05, 0) is 23.8 Å². The number of aliphatic imine (C=N–C) groups is 1. The third-order valence-electron chi connectivity index (χ3n) is 3.35. The quantitative estimate of drug-likeness (QED) is 0.323. The molecule has 148 valence electrons. The minimum atomic E-state index is -4.72. The molecule has 0 saturated heterocycles. The van der Waals surface area contributed by atoms with Gasteiger partial charge < -0.3 is 25.6 Å². The fourth-order valence-corrected chi connectivity index (χ4v) is 2.09. The van der Waals surface area contributed by atoms with E-state index in [4.69, 9.17) is 10.5 Å². The molecule has 10 heteroatoms. The topological polar surface area (TPSA) is 89.1 Å². The maximum Gasteiger partial charge on any atom is 0.573 e. The second-order valence-electron chi connectivity index (χ2n) is 5.21. The Bertz CT molecular complexity index is 768. The molecule has 0 atom stereocenters. The molecule has 0 aliphatic heterocycles. The van der Waals surface area contributed by atoms with Gasteiger partial charge in [0.05, 0.1) is 13.7 Å². The second kappa shape index (κ2) is 10.1. The Morgan fingerprint density at radius 1 is 1.19 bits per heavy atom. The molecule has 2 rings (SSSR count). The fraction of sp³-hybridized carbons (Fsp3) is 0.235. The summed E-state index contributed by atoms with van der Waals surface area (Å²) in [5, 5.41) is 12.8. The van der Waals surface area contributed by atoms with Crippen LogP contribution in [0.5, 0.6) is 17.2 Å². The lowest BCUT2D eigenvalue weighted by Gasteiger charge is -2.10. The van der Waals surface area contributed by atoms with Crippen LogP contribution in [0.2, 0.25) is 0 Å². The number of phenols is 1. The fourth-order valence-electron chi connectivity index (χ4n) is 2.09. The Hall–Kier alpha value is -2.37. The van der Waals surface area contributed by atoms with Crippen LogP contribution in [0.25, 0.3) is 0 Å². The van der Waals surface area contributed by atoms with E-state index in [1.54, 1.807) is 18.2 Å². The van der Waals surface area contributed by atoms with Crippen molar-refractivity contribution in [3.8, 4) is 17.2 Å². The summed E-state index contributed by atoms with van der Waals surface area (Å²) >= 11 is 0. The summed E-state index contributed by atoms with van der Waals surface area (Å²) in [5.41, 5.74) is 7.00. The normalized spacial score (nSPS) is 11.5. The summed E-state index contributed by atoms with van der Waals surface area (Å²) in [6, 6.07) is 10.4. The number of hydrogen-bond donors (Lipinski definition) is 3. The lowest BCUT2D eigenvalue weighted by molar-refractivity contribution is -0.274. The summed E-state index contributed by atoms with van der Waals surface area (Å²) in [5.74, 6) is 0.184. The third-order valence-corrected chi connectivity index (χ3v) is 3.35. The predicted octanol–water partition coefficient (Wildman–Crippen LogP) is 3.52. The number of ether oxygens (including phenoxy) is 2. The Morgan fingerprint density at radius 2 is 1.85 bits per heavy atom. The number of para-hydroxylation sites is 1. The molecule has 0 aromatic heterocycles. The largest absolute Gasteiger partial charge is 0.573 e. The van der Waals surface area contributed by atoms with E-state index in [1.165, 1.54) is 31.4 Å². The molecule has 0 unspecified atom stereocenters. The van der Waals surface area contributed by atoms with Crippen molar-refractivity contribution >= 4 is 29.9 Å². The molecule has 0 bridgehead atoms. The van der Waals surface area contributed by atoms with Crippen LogP contribution in [0.3, 0.4) is 0 Å². The number of benzene rings is 2. The van der Waals surface area contributed by atoms with Crippen LogP contribution in [0.4, 0.5) is 13.2 Å². The summed E-state index contributed by atoms with van der Waals surface area (Å²) in [7, 11) is 1.45. The second-order valence-corrected chi connectivity index (χ2v) is 5.21. The highest BCUT2D eigenvalue weighted by Crippen LogP contribution is 2.29. The van der Waals surface area contributed by atoms with Gasteiger partial charge in [-0.2, -0.15) is 0 Å². The summed E-state index contributed by atoms with van der Waals surface area (Å²) in [4.78, 5) is 4.09. The van der Waals surface area contributed by atoms with Crippen LogP contribution < -0.4 is 20.5 Å². The van der Waals surface area contributed by atoms with Gasteiger partial charge in [-0.1, -0.05) is 24.3 Å². The number of phenolic OH excluding ortho intramolecular Hbond substituents is 1. The number of hydrogen-bond acceptors (Lipinski definition) is 4. The van der Waals surface area contributed by atoms with Crippen molar-refractivity contribution in [2.45, 2.75) is 19.5 Å². The van der Waals surface area contributed by atoms with Gasteiger partial charge in [-0.3, -0.25) is 0 Å². The minimum Gasteiger partial charge on any atom is -0.504 e. The van der Waals surface area contributed by atoms with Crippen molar-refractivity contribution in [3.05, 3.63) is 53.6 Å². The van der Waals surface area contributed by atoms with E-state index in [9.17, 15) is 18.3 Å². The molecule has 2 aromatic rings. The Balaban J connectivity index is 0.00000364. The lowest BCUT2D eigenvalue weighted by Crippen LogP contribution is -2.31. The van der Waals surface area contributed by atoms with Crippen molar-refractivity contribution in [2.24, 2.45) is 10.7 Å². The predicted molar refractivity (Wildman–Crippen MR) is 105 cm³/mol. The number of halogens is 4. The smallest absolute Gasteiger partial charge is 0.504 e. The number of nitrogens with two attached hydrogens (primary N) is 1. The average Bonchev–Trinajstić information content (AvgIpc) is 2.59. The molecule has 0 radical (unpaired) electrons. The lowest BCUT2D eigenvalue weighted by atomic mass is 10.2. The highest BCUT2D eigenvalue weighted by atomic mass is 127. The molecule has 0 aliphatic rings. The van der Waals surface area contributed by atoms with Gasteiger partial charge in [0.1, 0.15) is 5.75 Å². The van der Waals surface area contributed by atoms with E-state index in [-0.39, 0.29) is 54.5 Å². The first-order chi connectivity index (χ1) is 12.3. The van der Waals surface area contributed by atoms with Gasteiger partial charge in [0.25, 0.3) is 0 Å².